The standard InChI is InChI=1S/C17H21NO4S/c19-16(12-18-7-9-23(20,21)10-8-18)13-22-17-6-5-14-3-1-2-4-15(14)11-17/h1-6,11,16,19H,7-10,12-13H2. The molecular weight excluding hydrogens is 314 g/mol. The molecule has 0 saturated carbocycles. The van der Waals surface area contributed by atoms with E-state index >= 15 is 0 Å². The Morgan fingerprint density at radius 1 is 1.09 bits per heavy atom. The molecule has 1 fully saturated rings. The molecule has 6 heteroatoms. The Balaban J connectivity index is 1.51. The number of aliphatic hydroxyl groups excluding tert-OH is 1. The smallest absolute Gasteiger partial charge is 0.152 e. The van der Waals surface area contributed by atoms with Crippen LogP contribution in [-0.4, -0.2) is 62.3 Å². The van der Waals surface area contributed by atoms with Gasteiger partial charge in [0.05, 0.1) is 11.5 Å². The second kappa shape index (κ2) is 6.86. The summed E-state index contributed by atoms with van der Waals surface area (Å²) in [5, 5.41) is 12.3. The summed E-state index contributed by atoms with van der Waals surface area (Å²) in [7, 11) is -2.88. The number of hydrogen-bond donors (Lipinski definition) is 1. The molecule has 0 amide bonds. The maximum atomic E-state index is 11.4. The molecule has 3 rings (SSSR count). The van der Waals surface area contributed by atoms with Crippen LogP contribution in [-0.2, 0) is 9.84 Å². The van der Waals surface area contributed by atoms with Gasteiger partial charge in [-0.05, 0) is 22.9 Å². The van der Waals surface area contributed by atoms with E-state index in [1.54, 1.807) is 0 Å². The lowest BCUT2D eigenvalue weighted by Gasteiger charge is -2.28. The van der Waals surface area contributed by atoms with Gasteiger partial charge in [-0.1, -0.05) is 30.3 Å². The van der Waals surface area contributed by atoms with Gasteiger partial charge in [0.1, 0.15) is 18.5 Å². The molecule has 1 heterocycles. The molecule has 0 aliphatic carbocycles. The lowest BCUT2D eigenvalue weighted by atomic mass is 10.1. The molecule has 1 aliphatic rings. The van der Waals surface area contributed by atoms with Crippen molar-refractivity contribution in [2.24, 2.45) is 0 Å². The van der Waals surface area contributed by atoms with Gasteiger partial charge in [0, 0.05) is 19.6 Å². The van der Waals surface area contributed by atoms with Crippen LogP contribution in [0.15, 0.2) is 42.5 Å². The largest absolute Gasteiger partial charge is 0.491 e. The van der Waals surface area contributed by atoms with Crippen LogP contribution in [0.3, 0.4) is 0 Å². The summed E-state index contributed by atoms with van der Waals surface area (Å²) in [6, 6.07) is 13.9. The average Bonchev–Trinajstić information content (AvgIpc) is 2.55. The molecule has 124 valence electrons. The first kappa shape index (κ1) is 16.2. The van der Waals surface area contributed by atoms with E-state index in [2.05, 4.69) is 0 Å². The summed E-state index contributed by atoms with van der Waals surface area (Å²) in [6.45, 7) is 1.59. The molecule has 5 nitrogen and oxygen atoms in total. The SMILES string of the molecule is O=S1(=O)CCN(CC(O)COc2ccc3ccccc3c2)CC1. The van der Waals surface area contributed by atoms with Crippen molar-refractivity contribution in [3.63, 3.8) is 0 Å². The first-order valence-electron chi connectivity index (χ1n) is 7.74. The first-order chi connectivity index (χ1) is 11.0. The molecule has 1 saturated heterocycles. The summed E-state index contributed by atoms with van der Waals surface area (Å²) < 4.78 is 28.4. The van der Waals surface area contributed by atoms with E-state index in [0.717, 1.165) is 16.5 Å². The highest BCUT2D eigenvalue weighted by Gasteiger charge is 2.23. The van der Waals surface area contributed by atoms with Gasteiger partial charge in [-0.3, -0.25) is 4.90 Å². The van der Waals surface area contributed by atoms with Crippen molar-refractivity contribution in [1.82, 2.24) is 4.90 Å². The van der Waals surface area contributed by atoms with Crippen molar-refractivity contribution in [3.8, 4) is 5.75 Å². The minimum absolute atomic E-state index is 0.172. The number of fused-ring (bicyclic) bond motifs is 1. The monoisotopic (exact) mass is 335 g/mol. The molecule has 2 aromatic rings. The fraction of sp³-hybridized carbons (Fsp3) is 0.412. The summed E-state index contributed by atoms with van der Waals surface area (Å²) >= 11 is 0. The number of ether oxygens (including phenoxy) is 1. The minimum Gasteiger partial charge on any atom is -0.491 e. The van der Waals surface area contributed by atoms with Crippen LogP contribution >= 0.6 is 0 Å². The lowest BCUT2D eigenvalue weighted by molar-refractivity contribution is 0.0710. The number of rotatable bonds is 5. The third-order valence-corrected chi connectivity index (χ3v) is 5.68. The van der Waals surface area contributed by atoms with Gasteiger partial charge >= 0.3 is 0 Å². The summed E-state index contributed by atoms with van der Waals surface area (Å²) in [5.74, 6) is 1.07. The highest BCUT2D eigenvalue weighted by molar-refractivity contribution is 7.91. The Bertz CT molecular complexity index is 761. The summed E-state index contributed by atoms with van der Waals surface area (Å²) in [4.78, 5) is 1.97. The second-order valence-electron chi connectivity index (χ2n) is 5.93. The average molecular weight is 335 g/mol. The first-order valence-corrected chi connectivity index (χ1v) is 9.56. The van der Waals surface area contributed by atoms with E-state index in [9.17, 15) is 13.5 Å². The van der Waals surface area contributed by atoms with Crippen LogP contribution in [0.4, 0.5) is 0 Å². The number of β-amino-alcohol motifs (C(OH)–C–C–N with tert-alkyl or cyclic N) is 1. The van der Waals surface area contributed by atoms with Crippen LogP contribution in [0.1, 0.15) is 0 Å². The van der Waals surface area contributed by atoms with Crippen molar-refractivity contribution in [2.45, 2.75) is 6.10 Å². The minimum atomic E-state index is -2.88. The molecule has 0 aromatic heterocycles. The second-order valence-corrected chi connectivity index (χ2v) is 8.23. The number of nitrogens with zero attached hydrogens (tertiary/aromatic N) is 1. The molecule has 0 radical (unpaired) electrons. The van der Waals surface area contributed by atoms with E-state index in [0.29, 0.717) is 19.6 Å². The van der Waals surface area contributed by atoms with Crippen molar-refractivity contribution < 1.29 is 18.3 Å². The van der Waals surface area contributed by atoms with Crippen LogP contribution in [0.2, 0.25) is 0 Å². The molecule has 0 bridgehead atoms. The van der Waals surface area contributed by atoms with Crippen molar-refractivity contribution in [3.05, 3.63) is 42.5 Å². The van der Waals surface area contributed by atoms with Crippen LogP contribution in [0.5, 0.6) is 5.75 Å². The van der Waals surface area contributed by atoms with E-state index in [-0.39, 0.29) is 18.1 Å². The van der Waals surface area contributed by atoms with Gasteiger partial charge in [-0.2, -0.15) is 0 Å². The van der Waals surface area contributed by atoms with E-state index in [4.69, 9.17) is 4.74 Å². The van der Waals surface area contributed by atoms with E-state index < -0.39 is 15.9 Å². The Hall–Kier alpha value is -1.63. The number of aliphatic hydroxyl groups is 1. The highest BCUT2D eigenvalue weighted by Crippen LogP contribution is 2.20. The third kappa shape index (κ3) is 4.43. The van der Waals surface area contributed by atoms with Crippen LogP contribution in [0.25, 0.3) is 10.8 Å². The normalized spacial score (nSPS) is 19.5. The quantitative estimate of drug-likeness (QED) is 0.892. The molecule has 1 unspecified atom stereocenters. The Morgan fingerprint density at radius 3 is 2.52 bits per heavy atom. The Labute approximate surface area is 136 Å². The van der Waals surface area contributed by atoms with E-state index in [1.165, 1.54) is 0 Å². The summed E-state index contributed by atoms with van der Waals surface area (Å²) in [5.41, 5.74) is 0. The topological polar surface area (TPSA) is 66.8 Å². The van der Waals surface area contributed by atoms with Gasteiger partial charge < -0.3 is 9.84 Å². The Kier molecular flexibility index (Phi) is 4.84. The van der Waals surface area contributed by atoms with Gasteiger partial charge in [0.25, 0.3) is 0 Å². The van der Waals surface area contributed by atoms with Crippen LogP contribution < -0.4 is 4.74 Å². The molecule has 23 heavy (non-hydrogen) atoms. The molecule has 1 aliphatic heterocycles. The predicted octanol–water partition coefficient (Wildman–Crippen LogP) is 1.31. The van der Waals surface area contributed by atoms with Crippen molar-refractivity contribution in [2.75, 3.05) is 37.7 Å². The third-order valence-electron chi connectivity index (χ3n) is 4.07. The predicted molar refractivity (Wildman–Crippen MR) is 90.5 cm³/mol. The van der Waals surface area contributed by atoms with Crippen molar-refractivity contribution in [1.29, 1.82) is 0 Å². The maximum Gasteiger partial charge on any atom is 0.152 e. The number of hydrogen-bond acceptors (Lipinski definition) is 5. The van der Waals surface area contributed by atoms with E-state index in [1.807, 2.05) is 47.4 Å². The molecule has 1 N–H and O–H groups in total. The molecular formula is C17H21NO4S. The lowest BCUT2D eigenvalue weighted by Crippen LogP contribution is -2.44. The Morgan fingerprint density at radius 2 is 1.78 bits per heavy atom. The fourth-order valence-corrected chi connectivity index (χ4v) is 4.01. The summed E-state index contributed by atoms with van der Waals surface area (Å²) in [6.07, 6.45) is -0.637. The zero-order chi connectivity index (χ0) is 16.3. The highest BCUT2D eigenvalue weighted by atomic mass is 32.2. The number of benzene rings is 2. The zero-order valence-corrected chi connectivity index (χ0v) is 13.7. The molecule has 2 aromatic carbocycles. The van der Waals surface area contributed by atoms with Gasteiger partial charge in [0.15, 0.2) is 9.84 Å². The maximum absolute atomic E-state index is 11.4. The van der Waals surface area contributed by atoms with Crippen molar-refractivity contribution >= 4 is 20.6 Å². The number of sulfone groups is 1. The van der Waals surface area contributed by atoms with Crippen LogP contribution in [0, 0.1) is 0 Å². The fourth-order valence-electron chi connectivity index (χ4n) is 2.73. The zero-order valence-electron chi connectivity index (χ0n) is 12.9. The van der Waals surface area contributed by atoms with Gasteiger partial charge in [-0.15, -0.1) is 0 Å². The van der Waals surface area contributed by atoms with Gasteiger partial charge in [0.2, 0.25) is 0 Å². The van der Waals surface area contributed by atoms with Gasteiger partial charge in [-0.25, -0.2) is 8.42 Å². The molecule has 1 atom stereocenters. The molecule has 0 spiro atoms.